The number of oxime groups is 1. The molecule has 1 unspecified atom stereocenters. The summed E-state index contributed by atoms with van der Waals surface area (Å²) < 4.78 is 3.64. The van der Waals surface area contributed by atoms with Gasteiger partial charge in [-0.1, -0.05) is 47.1 Å². The summed E-state index contributed by atoms with van der Waals surface area (Å²) in [4.78, 5) is 22.1. The van der Waals surface area contributed by atoms with Crippen LogP contribution in [0, 0.1) is 0 Å². The summed E-state index contributed by atoms with van der Waals surface area (Å²) >= 11 is 6.22. The summed E-state index contributed by atoms with van der Waals surface area (Å²) in [7, 11) is 5.25. The van der Waals surface area contributed by atoms with Crippen LogP contribution in [0.3, 0.4) is 0 Å². The van der Waals surface area contributed by atoms with Crippen LogP contribution in [0.4, 0.5) is 0 Å². The van der Waals surface area contributed by atoms with Crippen LogP contribution in [-0.4, -0.2) is 27.4 Å². The molecular formula is C29H27ClN5O2+. The molecule has 0 spiro atoms. The molecule has 0 amide bonds. The maximum absolute atomic E-state index is 12.9. The van der Waals surface area contributed by atoms with Gasteiger partial charge in [-0.3, -0.25) is 4.79 Å². The van der Waals surface area contributed by atoms with Gasteiger partial charge in [0.25, 0.3) is 5.56 Å². The molecule has 0 aliphatic heterocycles. The third-order valence-corrected chi connectivity index (χ3v) is 7.09. The second-order valence-electron chi connectivity index (χ2n) is 9.03. The fourth-order valence-corrected chi connectivity index (χ4v) is 4.96. The molecule has 0 fully saturated rings. The summed E-state index contributed by atoms with van der Waals surface area (Å²) in [5, 5.41) is 5.47. The molecule has 0 radical (unpaired) electrons. The highest BCUT2D eigenvalue weighted by Gasteiger charge is 2.39. The molecule has 0 saturated heterocycles. The smallest absolute Gasteiger partial charge is 0.251 e. The van der Waals surface area contributed by atoms with Gasteiger partial charge in [-0.25, -0.2) is 4.98 Å². The minimum absolute atomic E-state index is 0.0866. The quantitative estimate of drug-likeness (QED) is 0.274. The summed E-state index contributed by atoms with van der Waals surface area (Å²) in [6.07, 6.45) is 5.25. The summed E-state index contributed by atoms with van der Waals surface area (Å²) in [5.74, 6) is 0. The fraction of sp³-hybridized carbons (Fsp3) is 0.138. The minimum Gasteiger partial charge on any atom is -0.399 e. The van der Waals surface area contributed by atoms with Gasteiger partial charge in [-0.2, -0.15) is 0 Å². The first kappa shape index (κ1) is 24.5. The predicted octanol–water partition coefficient (Wildman–Crippen LogP) is 4.11. The van der Waals surface area contributed by atoms with E-state index in [1.165, 1.54) is 7.11 Å². The Bertz CT molecular complexity index is 1690. The van der Waals surface area contributed by atoms with Crippen LogP contribution in [0.5, 0.6) is 0 Å². The largest absolute Gasteiger partial charge is 0.399 e. The van der Waals surface area contributed by atoms with E-state index in [1.807, 2.05) is 78.5 Å². The molecule has 37 heavy (non-hydrogen) atoms. The fourth-order valence-electron chi connectivity index (χ4n) is 4.83. The highest BCUT2D eigenvalue weighted by Crippen LogP contribution is 2.36. The minimum atomic E-state index is -0.775. The van der Waals surface area contributed by atoms with Crippen LogP contribution in [0.2, 0.25) is 5.02 Å². The van der Waals surface area contributed by atoms with Crippen molar-refractivity contribution < 1.29 is 10.6 Å². The molecule has 3 aromatic carbocycles. The van der Waals surface area contributed by atoms with Crippen molar-refractivity contribution in [1.29, 1.82) is 0 Å². The Labute approximate surface area is 219 Å². The lowest BCUT2D eigenvalue weighted by Gasteiger charge is -2.28. The van der Waals surface area contributed by atoms with E-state index in [9.17, 15) is 4.79 Å². The Morgan fingerprint density at radius 3 is 2.49 bits per heavy atom. The molecule has 5 rings (SSSR count). The third-order valence-electron chi connectivity index (χ3n) is 6.84. The van der Waals surface area contributed by atoms with Crippen LogP contribution in [0.25, 0.3) is 22.0 Å². The first-order valence-electron chi connectivity index (χ1n) is 11.7. The number of nitrogens with zero attached hydrogens (tertiary/aromatic N) is 4. The second-order valence-corrected chi connectivity index (χ2v) is 9.47. The summed E-state index contributed by atoms with van der Waals surface area (Å²) in [5.41, 5.74) is 10.2. The van der Waals surface area contributed by atoms with Gasteiger partial charge in [0.05, 0.1) is 24.3 Å². The molecule has 186 valence electrons. The van der Waals surface area contributed by atoms with Gasteiger partial charge in [0, 0.05) is 41.7 Å². The van der Waals surface area contributed by atoms with Crippen molar-refractivity contribution in [3.05, 3.63) is 123 Å². The van der Waals surface area contributed by atoms with Gasteiger partial charge in [-0.15, -0.1) is 0 Å². The van der Waals surface area contributed by atoms with E-state index in [2.05, 4.69) is 16.2 Å². The SMILES string of the molecule is CO/N=C/c1cccc(-c2cc(=O)n(C)c3ccc(C([NH3+])(c4ccc(Cl)cc4)c4cncn4C)cc23)c1. The van der Waals surface area contributed by atoms with E-state index in [1.54, 1.807) is 30.2 Å². The molecule has 0 aliphatic carbocycles. The van der Waals surface area contributed by atoms with Crippen LogP contribution in [0.1, 0.15) is 22.4 Å². The second kappa shape index (κ2) is 9.69. The zero-order valence-electron chi connectivity index (χ0n) is 20.9. The molecule has 3 N–H and O–H groups in total. The van der Waals surface area contributed by atoms with E-state index in [0.29, 0.717) is 5.02 Å². The molecule has 1 atom stereocenters. The van der Waals surface area contributed by atoms with Crippen molar-refractivity contribution in [3.63, 3.8) is 0 Å². The van der Waals surface area contributed by atoms with Crippen molar-refractivity contribution in [3.8, 4) is 11.1 Å². The topological polar surface area (TPSA) is 89.0 Å². The van der Waals surface area contributed by atoms with Gasteiger partial charge in [0.1, 0.15) is 12.8 Å². The van der Waals surface area contributed by atoms with Gasteiger partial charge >= 0.3 is 0 Å². The Hall–Kier alpha value is -4.20. The molecule has 0 aliphatic rings. The lowest BCUT2D eigenvalue weighted by atomic mass is 9.80. The molecule has 2 heterocycles. The van der Waals surface area contributed by atoms with Crippen LogP contribution in [-0.2, 0) is 24.5 Å². The van der Waals surface area contributed by atoms with Crippen molar-refractivity contribution >= 4 is 28.7 Å². The van der Waals surface area contributed by atoms with Crippen LogP contribution < -0.4 is 11.3 Å². The number of quaternary nitrogens is 1. The monoisotopic (exact) mass is 512 g/mol. The highest BCUT2D eigenvalue weighted by atomic mass is 35.5. The van der Waals surface area contributed by atoms with Crippen molar-refractivity contribution in [2.45, 2.75) is 5.54 Å². The molecule has 8 heteroatoms. The van der Waals surface area contributed by atoms with E-state index in [0.717, 1.165) is 44.4 Å². The lowest BCUT2D eigenvalue weighted by molar-refractivity contribution is -0.456. The number of hydrogen-bond donors (Lipinski definition) is 1. The van der Waals surface area contributed by atoms with Gasteiger partial charge in [0.15, 0.2) is 5.54 Å². The van der Waals surface area contributed by atoms with Gasteiger partial charge < -0.3 is 19.7 Å². The van der Waals surface area contributed by atoms with Gasteiger partial charge in [-0.05, 0) is 53.1 Å². The zero-order chi connectivity index (χ0) is 26.2. The first-order chi connectivity index (χ1) is 17.8. The Morgan fingerprint density at radius 1 is 1.03 bits per heavy atom. The molecule has 0 bridgehead atoms. The van der Waals surface area contributed by atoms with Crippen molar-refractivity contribution in [2.24, 2.45) is 19.3 Å². The number of aromatic nitrogens is 3. The standard InChI is InChI=1S/C29H26ClN5O2/c1-34-18-32-17-27(34)29(31,21-7-10-23(30)11-8-21)22-9-12-26-25(14-22)24(15-28(36)35(26)2)20-6-4-5-19(13-20)16-33-37-3/h4-18H,31H2,1-3H3/p+1/b33-16+. The van der Waals surface area contributed by atoms with E-state index >= 15 is 0 Å². The maximum Gasteiger partial charge on any atom is 0.251 e. The first-order valence-corrected chi connectivity index (χ1v) is 12.1. The number of pyridine rings is 1. The summed E-state index contributed by atoms with van der Waals surface area (Å²) in [6.45, 7) is 0. The van der Waals surface area contributed by atoms with E-state index in [4.69, 9.17) is 22.2 Å². The number of aryl methyl sites for hydroxylation is 2. The van der Waals surface area contributed by atoms with Gasteiger partial charge in [0.2, 0.25) is 0 Å². The third kappa shape index (κ3) is 4.33. The molecule has 5 aromatic rings. The van der Waals surface area contributed by atoms with Crippen molar-refractivity contribution in [2.75, 3.05) is 7.11 Å². The molecule has 7 nitrogen and oxygen atoms in total. The van der Waals surface area contributed by atoms with Crippen LogP contribution in [0.15, 0.2) is 95.3 Å². The average Bonchev–Trinajstić information content (AvgIpc) is 3.35. The Kier molecular flexibility index (Phi) is 6.41. The van der Waals surface area contributed by atoms with Crippen molar-refractivity contribution in [1.82, 2.24) is 14.1 Å². The van der Waals surface area contributed by atoms with E-state index < -0.39 is 5.54 Å². The zero-order valence-corrected chi connectivity index (χ0v) is 21.6. The number of fused-ring (bicyclic) bond motifs is 1. The number of imidazole rings is 1. The highest BCUT2D eigenvalue weighted by molar-refractivity contribution is 6.30. The number of halogens is 1. The molecule has 2 aromatic heterocycles. The molecule has 0 saturated carbocycles. The van der Waals surface area contributed by atoms with E-state index in [-0.39, 0.29) is 5.56 Å². The van der Waals surface area contributed by atoms with Crippen LogP contribution >= 0.6 is 11.6 Å². The number of benzene rings is 3. The lowest BCUT2D eigenvalue weighted by Crippen LogP contribution is -2.71. The Balaban J connectivity index is 1.79. The predicted molar refractivity (Wildman–Crippen MR) is 147 cm³/mol. The number of rotatable bonds is 6. The Morgan fingerprint density at radius 2 is 1.78 bits per heavy atom. The average molecular weight is 513 g/mol. The molecular weight excluding hydrogens is 486 g/mol. The maximum atomic E-state index is 12.9. The normalized spacial score (nSPS) is 13.2. The number of hydrogen-bond acceptors (Lipinski definition) is 4. The summed E-state index contributed by atoms with van der Waals surface area (Å²) in [6, 6.07) is 23.4.